The molecule has 0 aliphatic heterocycles. The summed E-state index contributed by atoms with van der Waals surface area (Å²) < 4.78 is 40.1. The predicted molar refractivity (Wildman–Crippen MR) is 49.0 cm³/mol. The number of hydrogen-bond donors (Lipinski definition) is 0. The van der Waals surface area contributed by atoms with Gasteiger partial charge in [0.2, 0.25) is 0 Å². The smallest absolute Gasteiger partial charge is 0.497 e. The van der Waals surface area contributed by atoms with Crippen LogP contribution in [0.1, 0.15) is 5.56 Å². The zero-order valence-electron chi connectivity index (χ0n) is 8.43. The molecule has 15 heavy (non-hydrogen) atoms. The third kappa shape index (κ3) is 6.28. The van der Waals surface area contributed by atoms with Crippen LogP contribution < -0.4 is 56.1 Å². The van der Waals surface area contributed by atoms with E-state index in [2.05, 4.69) is 0 Å². The molecule has 0 N–H and O–H groups in total. The van der Waals surface area contributed by atoms with Crippen molar-refractivity contribution in [3.8, 4) is 17.5 Å². The Kier molecular flexibility index (Phi) is 6.64. The van der Waals surface area contributed by atoms with Crippen LogP contribution in [0.25, 0.3) is 0 Å². The average Bonchev–Trinajstić information content (AvgIpc) is 2.14. The van der Waals surface area contributed by atoms with Gasteiger partial charge in [-0.3, -0.25) is 0 Å². The van der Waals surface area contributed by atoms with E-state index in [-0.39, 0.29) is 51.4 Å². The molecule has 0 aliphatic carbocycles. The Balaban J connectivity index is 0.00000196. The van der Waals surface area contributed by atoms with E-state index in [4.69, 9.17) is 4.74 Å². The third-order valence-electron chi connectivity index (χ3n) is 1.47. The molecule has 1 aromatic carbocycles. The molecule has 0 saturated heterocycles. The van der Waals surface area contributed by atoms with E-state index in [1.807, 2.05) is 5.92 Å². The van der Waals surface area contributed by atoms with Crippen molar-refractivity contribution in [3.05, 3.63) is 29.8 Å². The Morgan fingerprint density at radius 3 is 2.07 bits per heavy atom. The minimum Gasteiger partial charge on any atom is -0.497 e. The first-order valence-electron chi connectivity index (χ1n) is 3.88. The predicted octanol–water partition coefficient (Wildman–Crippen LogP) is -0.563. The fraction of sp³-hybridized carbons (Fsp3) is 0.111. The molecule has 0 amide bonds. The van der Waals surface area contributed by atoms with Gasteiger partial charge in [0.1, 0.15) is 5.75 Å². The minimum atomic E-state index is -5.03. The number of methoxy groups -OCH3 is 1. The maximum absolute atomic E-state index is 11.8. The number of benzene rings is 1. The Morgan fingerprint density at radius 1 is 1.13 bits per heavy atom. The van der Waals surface area contributed by atoms with Gasteiger partial charge in [-0.05, 0) is 24.3 Å². The summed E-state index contributed by atoms with van der Waals surface area (Å²) in [4.78, 5) is 0. The molecule has 1 rings (SSSR count). The van der Waals surface area contributed by atoms with Gasteiger partial charge in [0.05, 0.1) is 7.11 Å². The van der Waals surface area contributed by atoms with E-state index in [0.717, 1.165) is 0 Å². The second-order valence-corrected chi connectivity index (χ2v) is 2.57. The number of halogens is 3. The van der Waals surface area contributed by atoms with E-state index in [9.17, 15) is 12.9 Å². The first-order valence-corrected chi connectivity index (χ1v) is 3.88. The van der Waals surface area contributed by atoms with Gasteiger partial charge in [0, 0.05) is 5.56 Å². The van der Waals surface area contributed by atoms with Crippen molar-refractivity contribution in [2.75, 3.05) is 7.11 Å². The first-order chi connectivity index (χ1) is 6.51. The van der Waals surface area contributed by atoms with Crippen LogP contribution in [-0.4, -0.2) is 14.1 Å². The van der Waals surface area contributed by atoms with Crippen molar-refractivity contribution in [1.82, 2.24) is 0 Å². The molecule has 0 heterocycles. The molecule has 0 spiro atoms. The molecule has 0 atom stereocenters. The Labute approximate surface area is 129 Å². The second kappa shape index (κ2) is 6.61. The SMILES string of the molecule is COc1ccc(C#C[B-](F)(F)F)cc1.[K+]. The zero-order valence-corrected chi connectivity index (χ0v) is 11.6. The van der Waals surface area contributed by atoms with E-state index >= 15 is 0 Å². The van der Waals surface area contributed by atoms with E-state index in [0.29, 0.717) is 11.3 Å². The molecule has 0 bridgehead atoms. The zero-order chi connectivity index (χ0) is 10.6. The molecule has 0 saturated carbocycles. The molecule has 1 nitrogen and oxygen atoms in total. The van der Waals surface area contributed by atoms with Crippen molar-refractivity contribution in [1.29, 1.82) is 0 Å². The van der Waals surface area contributed by atoms with E-state index in [1.165, 1.54) is 25.1 Å². The van der Waals surface area contributed by atoms with E-state index in [1.54, 1.807) is 12.1 Å². The molecular formula is C9H7BF3KO. The number of hydrogen-bond acceptors (Lipinski definition) is 1. The van der Waals surface area contributed by atoms with Gasteiger partial charge in [-0.1, -0.05) is 0 Å². The standard InChI is InChI=1S/C9H7BF3O.K/c1-14-9-4-2-8(3-5-9)6-7-10(11,12)13;/h2-5H,1H3;/q-1;+1. The Bertz CT molecular complexity index is 364. The van der Waals surface area contributed by atoms with Gasteiger partial charge in [0.25, 0.3) is 0 Å². The van der Waals surface area contributed by atoms with Gasteiger partial charge in [-0.2, -0.15) is 5.82 Å². The fourth-order valence-corrected chi connectivity index (χ4v) is 0.840. The maximum atomic E-state index is 11.8. The van der Waals surface area contributed by atoms with Crippen LogP contribution in [0.4, 0.5) is 12.9 Å². The normalized spacial score (nSPS) is 9.60. The van der Waals surface area contributed by atoms with Gasteiger partial charge in [-0.15, -0.1) is 5.92 Å². The van der Waals surface area contributed by atoms with Crippen LogP contribution in [0, 0.1) is 11.7 Å². The molecular weight excluding hydrogens is 231 g/mol. The Morgan fingerprint density at radius 2 is 1.67 bits per heavy atom. The minimum absolute atomic E-state index is 0. The van der Waals surface area contributed by atoms with Crippen molar-refractivity contribution in [3.63, 3.8) is 0 Å². The third-order valence-corrected chi connectivity index (χ3v) is 1.47. The molecule has 0 unspecified atom stereocenters. The summed E-state index contributed by atoms with van der Waals surface area (Å²) in [5.74, 6) is 3.87. The molecule has 0 aromatic heterocycles. The fourth-order valence-electron chi connectivity index (χ4n) is 0.840. The second-order valence-electron chi connectivity index (χ2n) is 2.57. The van der Waals surface area contributed by atoms with Crippen LogP contribution in [0.3, 0.4) is 0 Å². The van der Waals surface area contributed by atoms with Gasteiger partial charge >= 0.3 is 58.4 Å². The summed E-state index contributed by atoms with van der Waals surface area (Å²) >= 11 is 0. The van der Waals surface area contributed by atoms with Crippen LogP contribution in [-0.2, 0) is 0 Å². The first kappa shape index (κ1) is 15.1. The van der Waals surface area contributed by atoms with Crippen LogP contribution in [0.15, 0.2) is 24.3 Å². The molecule has 1 aromatic rings. The summed E-state index contributed by atoms with van der Waals surface area (Å²) in [6.07, 6.45) is 0. The number of ether oxygens (including phenoxy) is 1. The van der Waals surface area contributed by atoms with Crippen molar-refractivity contribution >= 4 is 6.98 Å². The van der Waals surface area contributed by atoms with Gasteiger partial charge in [0.15, 0.2) is 0 Å². The van der Waals surface area contributed by atoms with Crippen molar-refractivity contribution in [2.24, 2.45) is 0 Å². The quantitative estimate of drug-likeness (QED) is 0.470. The molecule has 0 radical (unpaired) electrons. The average molecular weight is 238 g/mol. The van der Waals surface area contributed by atoms with Gasteiger partial charge in [-0.25, -0.2) is 0 Å². The van der Waals surface area contributed by atoms with E-state index < -0.39 is 6.98 Å². The molecule has 0 fully saturated rings. The maximum Gasteiger partial charge on any atom is 1.00 e. The Hall–Kier alpha value is 0.0713. The van der Waals surface area contributed by atoms with Crippen LogP contribution in [0.5, 0.6) is 5.75 Å². The summed E-state index contributed by atoms with van der Waals surface area (Å²) in [5.41, 5.74) is 0.324. The molecule has 0 aliphatic rings. The topological polar surface area (TPSA) is 9.23 Å². The summed E-state index contributed by atoms with van der Waals surface area (Å²) in [7, 11) is 1.49. The molecule has 6 heteroatoms. The van der Waals surface area contributed by atoms with Crippen LogP contribution in [0.2, 0.25) is 0 Å². The van der Waals surface area contributed by atoms with Gasteiger partial charge < -0.3 is 17.7 Å². The summed E-state index contributed by atoms with van der Waals surface area (Å²) in [6, 6.07) is 6.09. The van der Waals surface area contributed by atoms with Crippen LogP contribution >= 0.6 is 0 Å². The van der Waals surface area contributed by atoms with Crippen molar-refractivity contribution < 1.29 is 69.1 Å². The number of rotatable bonds is 1. The summed E-state index contributed by atoms with van der Waals surface area (Å²) in [6.45, 7) is -5.03. The summed E-state index contributed by atoms with van der Waals surface area (Å²) in [5, 5.41) is 0. The molecule has 74 valence electrons. The van der Waals surface area contributed by atoms with Crippen molar-refractivity contribution in [2.45, 2.75) is 0 Å². The monoisotopic (exact) mass is 238 g/mol. The largest absolute Gasteiger partial charge is 1.00 e.